The number of hydrogen-bond acceptors (Lipinski definition) is 6. The Morgan fingerprint density at radius 3 is 2.62 bits per heavy atom. The highest BCUT2D eigenvalue weighted by Crippen LogP contribution is 2.29. The van der Waals surface area contributed by atoms with Crippen LogP contribution in [0.15, 0.2) is 34.4 Å². The summed E-state index contributed by atoms with van der Waals surface area (Å²) in [6, 6.07) is 3.31. The molecule has 0 aromatic heterocycles. The molecular formula is C12H11ClN4O4. The topological polar surface area (TPSA) is 111 Å². The Balaban J connectivity index is 2.29. The van der Waals surface area contributed by atoms with Crippen molar-refractivity contribution in [2.45, 2.75) is 19.3 Å². The first kappa shape index (κ1) is 14.9. The molecule has 1 aliphatic rings. The lowest BCUT2D eigenvalue weighted by Crippen LogP contribution is -2.07. The van der Waals surface area contributed by atoms with Crippen LogP contribution in [0.5, 0.6) is 0 Å². The Hall–Kier alpha value is -2.48. The van der Waals surface area contributed by atoms with Gasteiger partial charge in [-0.15, -0.1) is 0 Å². The van der Waals surface area contributed by atoms with E-state index in [1.807, 2.05) is 6.08 Å². The van der Waals surface area contributed by atoms with Crippen LogP contribution in [0.3, 0.4) is 0 Å². The number of nitro groups is 2. The Morgan fingerprint density at radius 2 is 2.00 bits per heavy atom. The van der Waals surface area contributed by atoms with E-state index in [1.165, 1.54) is 12.1 Å². The summed E-state index contributed by atoms with van der Waals surface area (Å²) in [6.07, 6.45) is 4.27. The first-order chi connectivity index (χ1) is 9.99. The lowest BCUT2D eigenvalue weighted by molar-refractivity contribution is -0.393. The predicted octanol–water partition coefficient (Wildman–Crippen LogP) is 3.58. The van der Waals surface area contributed by atoms with Crippen LogP contribution in [0, 0.1) is 20.2 Å². The average molecular weight is 311 g/mol. The zero-order valence-corrected chi connectivity index (χ0v) is 11.5. The average Bonchev–Trinajstić information content (AvgIpc) is 2.46. The molecule has 0 saturated heterocycles. The van der Waals surface area contributed by atoms with Crippen LogP contribution in [-0.2, 0) is 0 Å². The second-order valence-corrected chi connectivity index (χ2v) is 4.74. The van der Waals surface area contributed by atoms with Crippen molar-refractivity contribution < 1.29 is 9.85 Å². The maximum absolute atomic E-state index is 11.0. The number of nitrogens with zero attached hydrogens (tertiary/aromatic N) is 3. The molecule has 0 atom stereocenters. The van der Waals surface area contributed by atoms with Crippen LogP contribution in [0.25, 0.3) is 0 Å². The van der Waals surface area contributed by atoms with Crippen LogP contribution >= 0.6 is 11.6 Å². The molecule has 2 rings (SSSR count). The standard InChI is InChI=1S/C12H11ClN4O4/c13-9-3-1-2-4-10(9)14-15-11-6-5-8(16(18)19)7-12(11)17(20)21/h3,5-7,15H,1-2,4H2/b14-10-. The number of hydrazone groups is 1. The van der Waals surface area contributed by atoms with Crippen LogP contribution in [0.1, 0.15) is 19.3 Å². The molecule has 0 aliphatic heterocycles. The molecule has 1 N–H and O–H groups in total. The SMILES string of the molecule is O=[N+]([O-])c1ccc(N/N=C2/CCCC=C2Cl)c([N+](=O)[O-])c1. The van der Waals surface area contributed by atoms with E-state index in [9.17, 15) is 20.2 Å². The van der Waals surface area contributed by atoms with Gasteiger partial charge in [-0.05, 0) is 25.3 Å². The van der Waals surface area contributed by atoms with Gasteiger partial charge in [0.1, 0.15) is 5.69 Å². The summed E-state index contributed by atoms with van der Waals surface area (Å²) in [5.74, 6) is 0. The highest BCUT2D eigenvalue weighted by molar-refractivity contribution is 6.43. The summed E-state index contributed by atoms with van der Waals surface area (Å²) in [5.41, 5.74) is 2.48. The van der Waals surface area contributed by atoms with Crippen molar-refractivity contribution in [1.82, 2.24) is 0 Å². The Labute approximate surface area is 124 Å². The minimum absolute atomic E-state index is 0.0770. The zero-order chi connectivity index (χ0) is 15.4. The number of hydrogen-bond donors (Lipinski definition) is 1. The molecule has 1 aromatic carbocycles. The number of halogens is 1. The van der Waals surface area contributed by atoms with Crippen molar-refractivity contribution in [2.24, 2.45) is 5.10 Å². The molecule has 0 fully saturated rings. The van der Waals surface area contributed by atoms with Gasteiger partial charge in [-0.2, -0.15) is 5.10 Å². The molecule has 0 heterocycles. The van der Waals surface area contributed by atoms with E-state index in [2.05, 4.69) is 10.5 Å². The first-order valence-corrected chi connectivity index (χ1v) is 6.48. The second-order valence-electron chi connectivity index (χ2n) is 4.33. The third kappa shape index (κ3) is 3.54. The monoisotopic (exact) mass is 310 g/mol. The number of nitro benzene ring substituents is 2. The van der Waals surface area contributed by atoms with Crippen LogP contribution < -0.4 is 5.43 Å². The van der Waals surface area contributed by atoms with E-state index in [4.69, 9.17) is 11.6 Å². The smallest absolute Gasteiger partial charge is 0.271 e. The van der Waals surface area contributed by atoms with Crippen molar-refractivity contribution in [3.63, 3.8) is 0 Å². The van der Waals surface area contributed by atoms with Gasteiger partial charge < -0.3 is 0 Å². The Morgan fingerprint density at radius 1 is 1.24 bits per heavy atom. The van der Waals surface area contributed by atoms with E-state index in [0.717, 1.165) is 18.9 Å². The maximum Gasteiger partial charge on any atom is 0.301 e. The predicted molar refractivity (Wildman–Crippen MR) is 78.6 cm³/mol. The van der Waals surface area contributed by atoms with Gasteiger partial charge in [0, 0.05) is 6.07 Å². The van der Waals surface area contributed by atoms with Gasteiger partial charge in [0.05, 0.1) is 26.7 Å². The third-order valence-corrected chi connectivity index (χ3v) is 3.29. The van der Waals surface area contributed by atoms with Crippen molar-refractivity contribution in [2.75, 3.05) is 5.43 Å². The largest absolute Gasteiger partial charge is 0.301 e. The van der Waals surface area contributed by atoms with Crippen molar-refractivity contribution in [3.8, 4) is 0 Å². The normalized spacial score (nSPS) is 16.4. The van der Waals surface area contributed by atoms with Gasteiger partial charge in [0.25, 0.3) is 5.69 Å². The highest BCUT2D eigenvalue weighted by Gasteiger charge is 2.19. The molecule has 0 saturated carbocycles. The zero-order valence-electron chi connectivity index (χ0n) is 10.8. The number of benzene rings is 1. The molecular weight excluding hydrogens is 300 g/mol. The summed E-state index contributed by atoms with van der Waals surface area (Å²) in [7, 11) is 0. The van der Waals surface area contributed by atoms with Crippen molar-refractivity contribution >= 4 is 34.4 Å². The molecule has 1 aromatic rings. The number of non-ortho nitro benzene ring substituents is 1. The molecule has 8 nitrogen and oxygen atoms in total. The minimum Gasteiger partial charge on any atom is -0.271 e. The molecule has 1 aliphatic carbocycles. The van der Waals surface area contributed by atoms with Gasteiger partial charge in [0.15, 0.2) is 0 Å². The number of anilines is 1. The van der Waals surface area contributed by atoms with Gasteiger partial charge >= 0.3 is 5.69 Å². The van der Waals surface area contributed by atoms with E-state index in [1.54, 1.807) is 0 Å². The molecule has 0 amide bonds. The quantitative estimate of drug-likeness (QED) is 0.675. The van der Waals surface area contributed by atoms with Gasteiger partial charge in [-0.1, -0.05) is 17.7 Å². The molecule has 0 unspecified atom stereocenters. The van der Waals surface area contributed by atoms with Crippen LogP contribution in [0.4, 0.5) is 17.1 Å². The van der Waals surface area contributed by atoms with Gasteiger partial charge in [-0.25, -0.2) is 0 Å². The second kappa shape index (κ2) is 6.31. The maximum atomic E-state index is 11.0. The summed E-state index contributed by atoms with van der Waals surface area (Å²) >= 11 is 5.99. The van der Waals surface area contributed by atoms with Crippen LogP contribution in [0.2, 0.25) is 0 Å². The van der Waals surface area contributed by atoms with Gasteiger partial charge in [0.2, 0.25) is 0 Å². The fourth-order valence-corrected chi connectivity index (χ4v) is 2.10. The summed E-state index contributed by atoms with van der Waals surface area (Å²) in [4.78, 5) is 20.2. The number of allylic oxidation sites excluding steroid dienone is 2. The molecule has 110 valence electrons. The van der Waals surface area contributed by atoms with Crippen molar-refractivity contribution in [1.29, 1.82) is 0 Å². The lowest BCUT2D eigenvalue weighted by atomic mass is 10.1. The van der Waals surface area contributed by atoms with Gasteiger partial charge in [-0.3, -0.25) is 25.7 Å². The fourth-order valence-electron chi connectivity index (χ4n) is 1.85. The molecule has 0 bridgehead atoms. The Kier molecular flexibility index (Phi) is 4.49. The third-order valence-electron chi connectivity index (χ3n) is 2.92. The highest BCUT2D eigenvalue weighted by atomic mass is 35.5. The van der Waals surface area contributed by atoms with E-state index in [0.29, 0.717) is 17.2 Å². The number of rotatable bonds is 4. The summed E-state index contributed by atoms with van der Waals surface area (Å²) in [5, 5.41) is 26.2. The number of nitrogens with one attached hydrogen (secondary N) is 1. The molecule has 0 radical (unpaired) electrons. The Bertz CT molecular complexity index is 657. The summed E-state index contributed by atoms with van der Waals surface area (Å²) in [6.45, 7) is 0. The minimum atomic E-state index is -0.701. The first-order valence-electron chi connectivity index (χ1n) is 6.10. The fraction of sp³-hybridized carbons (Fsp3) is 0.250. The lowest BCUT2D eigenvalue weighted by Gasteiger charge is -2.10. The molecule has 21 heavy (non-hydrogen) atoms. The summed E-state index contributed by atoms with van der Waals surface area (Å²) < 4.78 is 0. The van der Waals surface area contributed by atoms with E-state index < -0.39 is 15.5 Å². The van der Waals surface area contributed by atoms with Crippen LogP contribution in [-0.4, -0.2) is 15.6 Å². The van der Waals surface area contributed by atoms with Crippen molar-refractivity contribution in [3.05, 3.63) is 49.5 Å². The molecule has 9 heteroatoms. The molecule has 0 spiro atoms. The van der Waals surface area contributed by atoms with E-state index in [-0.39, 0.29) is 11.4 Å². The van der Waals surface area contributed by atoms with E-state index >= 15 is 0 Å².